The normalized spacial score (nSPS) is 13.8. The van der Waals surface area contributed by atoms with E-state index >= 15 is 0 Å². The molecule has 0 aliphatic rings. The van der Waals surface area contributed by atoms with Crippen molar-refractivity contribution >= 4 is 30.0 Å². The maximum absolute atomic E-state index is 14.0. The highest BCUT2D eigenvalue weighted by atomic mass is 35.5. The number of hydrogen-bond acceptors (Lipinski definition) is 5. The van der Waals surface area contributed by atoms with Crippen LogP contribution in [0.5, 0.6) is 0 Å². The van der Waals surface area contributed by atoms with Gasteiger partial charge in [0.1, 0.15) is 0 Å². The summed E-state index contributed by atoms with van der Waals surface area (Å²) in [6.45, 7) is 3.35. The molecule has 0 aliphatic carbocycles. The number of nitrogens with zero attached hydrogens (tertiary/aromatic N) is 1. The molecule has 164 valence electrons. The fraction of sp³-hybridized carbons (Fsp3) is 0.304. The fourth-order valence-electron chi connectivity index (χ4n) is 3.84. The van der Waals surface area contributed by atoms with Gasteiger partial charge in [-0.05, 0) is 47.9 Å². The standard InChI is InChI=1S/C23H25ClNO5P/c1-3-29-31(28,30-4-2)23(20-10-9-17-7-5-6-8-19(17)15-20)22(16-25(26)27)18-11-13-21(24)14-12-18/h5-15,22-23H,3-4,16H2,1-2H3/t22-,23+/m1/s1. The van der Waals surface area contributed by atoms with Crippen LogP contribution in [0.1, 0.15) is 36.6 Å². The predicted molar refractivity (Wildman–Crippen MR) is 124 cm³/mol. The lowest BCUT2D eigenvalue weighted by molar-refractivity contribution is -0.483. The van der Waals surface area contributed by atoms with E-state index in [4.69, 9.17) is 20.6 Å². The van der Waals surface area contributed by atoms with Crippen molar-refractivity contribution < 1.29 is 18.5 Å². The molecule has 0 unspecified atom stereocenters. The SMILES string of the molecule is CCOP(=O)(OCC)[C@@H](c1ccc2ccccc2c1)[C@H](C[N+](=O)[O-])c1ccc(Cl)cc1. The molecule has 0 radical (unpaired) electrons. The molecular formula is C23H25ClNO5P. The second-order valence-electron chi connectivity index (χ2n) is 7.10. The zero-order valence-corrected chi connectivity index (χ0v) is 19.1. The zero-order chi connectivity index (χ0) is 22.4. The molecule has 6 nitrogen and oxygen atoms in total. The van der Waals surface area contributed by atoms with Crippen molar-refractivity contribution in [3.8, 4) is 0 Å². The highest BCUT2D eigenvalue weighted by molar-refractivity contribution is 7.54. The Morgan fingerprint density at radius 2 is 1.52 bits per heavy atom. The van der Waals surface area contributed by atoms with Crippen LogP contribution in [0.4, 0.5) is 0 Å². The van der Waals surface area contributed by atoms with Gasteiger partial charge in [-0.2, -0.15) is 0 Å². The van der Waals surface area contributed by atoms with Crippen molar-refractivity contribution in [2.45, 2.75) is 25.4 Å². The summed E-state index contributed by atoms with van der Waals surface area (Å²) in [6, 6.07) is 20.3. The molecule has 0 fully saturated rings. The minimum Gasteiger partial charge on any atom is -0.308 e. The van der Waals surface area contributed by atoms with Gasteiger partial charge < -0.3 is 9.05 Å². The summed E-state index contributed by atoms with van der Waals surface area (Å²) in [6.07, 6.45) is 0. The van der Waals surface area contributed by atoms with Crippen LogP contribution >= 0.6 is 19.2 Å². The van der Waals surface area contributed by atoms with Gasteiger partial charge in [-0.15, -0.1) is 0 Å². The minimum absolute atomic E-state index is 0.160. The maximum atomic E-state index is 14.0. The molecule has 0 bridgehead atoms. The van der Waals surface area contributed by atoms with Gasteiger partial charge in [0.15, 0.2) is 0 Å². The van der Waals surface area contributed by atoms with Crippen LogP contribution in [-0.4, -0.2) is 24.7 Å². The largest absolute Gasteiger partial charge is 0.338 e. The van der Waals surface area contributed by atoms with Crippen LogP contribution in [0.15, 0.2) is 66.7 Å². The minimum atomic E-state index is -3.76. The van der Waals surface area contributed by atoms with Crippen molar-refractivity contribution in [1.29, 1.82) is 0 Å². The van der Waals surface area contributed by atoms with Crippen LogP contribution < -0.4 is 0 Å². The number of hydrogen-bond donors (Lipinski definition) is 0. The molecule has 2 atom stereocenters. The average molecular weight is 462 g/mol. The third-order valence-corrected chi connectivity index (χ3v) is 7.93. The molecule has 0 spiro atoms. The van der Waals surface area contributed by atoms with E-state index in [0.717, 1.165) is 10.8 Å². The topological polar surface area (TPSA) is 78.7 Å². The Balaban J connectivity index is 2.23. The molecule has 0 N–H and O–H groups in total. The van der Waals surface area contributed by atoms with Crippen molar-refractivity contribution in [3.05, 3.63) is 93.0 Å². The van der Waals surface area contributed by atoms with Gasteiger partial charge in [0.05, 0.1) is 24.8 Å². The van der Waals surface area contributed by atoms with Gasteiger partial charge >= 0.3 is 7.60 Å². The number of rotatable bonds is 10. The quantitative estimate of drug-likeness (QED) is 0.187. The third kappa shape index (κ3) is 5.52. The van der Waals surface area contributed by atoms with Crippen LogP contribution in [0.25, 0.3) is 10.8 Å². The molecule has 0 saturated heterocycles. The first-order valence-corrected chi connectivity index (χ1v) is 12.1. The van der Waals surface area contributed by atoms with Gasteiger partial charge in [0.2, 0.25) is 6.54 Å². The van der Waals surface area contributed by atoms with Crippen LogP contribution in [0.2, 0.25) is 5.02 Å². The first kappa shape index (κ1) is 23.4. The van der Waals surface area contributed by atoms with Crippen molar-refractivity contribution in [3.63, 3.8) is 0 Å². The summed E-state index contributed by atoms with van der Waals surface area (Å²) in [4.78, 5) is 11.3. The Bertz CT molecular complexity index is 1080. The van der Waals surface area contributed by atoms with Crippen molar-refractivity contribution in [1.82, 2.24) is 0 Å². The highest BCUT2D eigenvalue weighted by Crippen LogP contribution is 2.66. The van der Waals surface area contributed by atoms with E-state index in [1.807, 2.05) is 42.5 Å². The number of nitro groups is 1. The van der Waals surface area contributed by atoms with Crippen LogP contribution in [0, 0.1) is 10.1 Å². The van der Waals surface area contributed by atoms with Gasteiger partial charge in [-0.1, -0.05) is 66.2 Å². The first-order chi connectivity index (χ1) is 14.9. The average Bonchev–Trinajstić information content (AvgIpc) is 2.74. The highest BCUT2D eigenvalue weighted by Gasteiger charge is 2.45. The summed E-state index contributed by atoms with van der Waals surface area (Å²) in [5.74, 6) is -0.739. The molecule has 8 heteroatoms. The Kier molecular flexibility index (Phi) is 7.84. The second kappa shape index (κ2) is 10.4. The molecule has 3 aromatic carbocycles. The molecule has 0 saturated carbocycles. The van der Waals surface area contributed by atoms with Crippen molar-refractivity contribution in [2.24, 2.45) is 0 Å². The van der Waals surface area contributed by atoms with E-state index in [1.54, 1.807) is 38.1 Å². The lowest BCUT2D eigenvalue weighted by atomic mass is 9.90. The first-order valence-electron chi connectivity index (χ1n) is 10.1. The number of benzene rings is 3. The Morgan fingerprint density at radius 1 is 0.935 bits per heavy atom. The smallest absolute Gasteiger partial charge is 0.308 e. The Hall–Kier alpha value is -2.24. The number of halogens is 1. The molecular weight excluding hydrogens is 437 g/mol. The van der Waals surface area contributed by atoms with E-state index in [0.29, 0.717) is 16.1 Å². The van der Waals surface area contributed by atoms with E-state index in [-0.39, 0.29) is 13.2 Å². The van der Waals surface area contributed by atoms with Crippen LogP contribution in [0.3, 0.4) is 0 Å². The summed E-state index contributed by atoms with van der Waals surface area (Å²) in [7, 11) is -3.76. The summed E-state index contributed by atoms with van der Waals surface area (Å²) >= 11 is 6.04. The molecule has 3 rings (SSSR count). The fourth-order valence-corrected chi connectivity index (χ4v) is 6.32. The monoisotopic (exact) mass is 461 g/mol. The lowest BCUT2D eigenvalue weighted by Crippen LogP contribution is -2.22. The van der Waals surface area contributed by atoms with Gasteiger partial charge in [0.25, 0.3) is 0 Å². The lowest BCUT2D eigenvalue weighted by Gasteiger charge is -2.31. The van der Waals surface area contributed by atoms with Gasteiger partial charge in [-0.3, -0.25) is 14.7 Å². The van der Waals surface area contributed by atoms with Gasteiger partial charge in [-0.25, -0.2) is 0 Å². The second-order valence-corrected chi connectivity index (χ2v) is 9.69. The van der Waals surface area contributed by atoms with E-state index in [2.05, 4.69) is 0 Å². The molecule has 0 amide bonds. The van der Waals surface area contributed by atoms with Gasteiger partial charge in [0, 0.05) is 9.95 Å². The third-order valence-electron chi connectivity index (χ3n) is 5.10. The molecule has 31 heavy (non-hydrogen) atoms. The molecule has 0 aromatic heterocycles. The summed E-state index contributed by atoms with van der Waals surface area (Å²) in [5, 5.41) is 14.1. The number of fused-ring (bicyclic) bond motifs is 1. The molecule has 3 aromatic rings. The predicted octanol–water partition coefficient (Wildman–Crippen LogP) is 6.86. The summed E-state index contributed by atoms with van der Waals surface area (Å²) in [5.41, 5.74) is 0.466. The summed E-state index contributed by atoms with van der Waals surface area (Å²) < 4.78 is 25.4. The Labute approximate surface area is 186 Å². The maximum Gasteiger partial charge on any atom is 0.338 e. The van der Waals surface area contributed by atoms with E-state index in [9.17, 15) is 14.7 Å². The van der Waals surface area contributed by atoms with E-state index < -0.39 is 30.6 Å². The zero-order valence-electron chi connectivity index (χ0n) is 17.4. The van der Waals surface area contributed by atoms with Crippen LogP contribution in [-0.2, 0) is 13.6 Å². The molecule has 0 heterocycles. The van der Waals surface area contributed by atoms with Crippen molar-refractivity contribution in [2.75, 3.05) is 19.8 Å². The Morgan fingerprint density at radius 3 is 2.10 bits per heavy atom. The molecule has 0 aliphatic heterocycles. The van der Waals surface area contributed by atoms with E-state index in [1.165, 1.54) is 0 Å².